The molecule has 0 aliphatic rings. The van der Waals surface area contributed by atoms with Crippen molar-refractivity contribution < 1.29 is 14.7 Å². The maximum Gasteiger partial charge on any atom is 0.255 e. The lowest BCUT2D eigenvalue weighted by Gasteiger charge is -2.17. The zero-order valence-corrected chi connectivity index (χ0v) is 15.5. The number of benzene rings is 3. The Balaban J connectivity index is 1.96. The van der Waals surface area contributed by atoms with Gasteiger partial charge in [-0.1, -0.05) is 45.0 Å². The van der Waals surface area contributed by atoms with Gasteiger partial charge in [-0.15, -0.1) is 0 Å². The number of anilines is 2. The van der Waals surface area contributed by atoms with Crippen molar-refractivity contribution in [2.45, 2.75) is 20.8 Å². The number of carbonyl (C=O) groups is 2. The number of hydrogen-bond acceptors (Lipinski definition) is 4. The number of amides is 1. The number of hydrogen-bond donors (Lipinski definition) is 3. The van der Waals surface area contributed by atoms with Crippen LogP contribution < -0.4 is 11.1 Å². The van der Waals surface area contributed by atoms with E-state index in [-0.39, 0.29) is 11.5 Å². The SMILES string of the molecule is CC(C)(C)C(=O)c1cccc(C(=O)Nc2c(O)ccc3cc(N)ccc23)c1. The van der Waals surface area contributed by atoms with Gasteiger partial charge in [0.2, 0.25) is 0 Å². The number of phenols is 1. The molecule has 138 valence electrons. The molecule has 1 amide bonds. The van der Waals surface area contributed by atoms with Gasteiger partial charge in [0.15, 0.2) is 5.78 Å². The van der Waals surface area contributed by atoms with Gasteiger partial charge in [0.05, 0.1) is 5.69 Å². The molecule has 0 radical (unpaired) electrons. The highest BCUT2D eigenvalue weighted by molar-refractivity contribution is 6.12. The number of nitrogen functional groups attached to an aromatic ring is 1. The maximum atomic E-state index is 12.7. The number of carbonyl (C=O) groups excluding carboxylic acids is 2. The third-order valence-corrected chi connectivity index (χ3v) is 4.33. The standard InChI is InChI=1S/C22H22N2O3/c1-22(2,3)20(26)14-5-4-6-15(11-14)21(27)24-19-17-9-8-16(23)12-13(17)7-10-18(19)25/h4-12,25H,23H2,1-3H3,(H,24,27). The first-order valence-corrected chi connectivity index (χ1v) is 8.64. The number of ketones is 1. The van der Waals surface area contributed by atoms with Crippen LogP contribution in [-0.4, -0.2) is 16.8 Å². The van der Waals surface area contributed by atoms with Crippen molar-refractivity contribution in [2.24, 2.45) is 5.41 Å². The molecule has 0 saturated heterocycles. The molecule has 3 aromatic carbocycles. The molecule has 4 N–H and O–H groups in total. The minimum Gasteiger partial charge on any atom is -0.506 e. The van der Waals surface area contributed by atoms with Crippen molar-refractivity contribution in [3.63, 3.8) is 0 Å². The Morgan fingerprint density at radius 1 is 0.963 bits per heavy atom. The highest BCUT2D eigenvalue weighted by Crippen LogP contribution is 2.33. The van der Waals surface area contributed by atoms with Gasteiger partial charge in [-0.25, -0.2) is 0 Å². The quantitative estimate of drug-likeness (QED) is 0.360. The smallest absolute Gasteiger partial charge is 0.255 e. The molecule has 0 aromatic heterocycles. The van der Waals surface area contributed by atoms with Gasteiger partial charge in [-0.2, -0.15) is 0 Å². The third kappa shape index (κ3) is 3.77. The largest absolute Gasteiger partial charge is 0.506 e. The van der Waals surface area contributed by atoms with Crippen LogP contribution in [-0.2, 0) is 0 Å². The molecule has 0 unspecified atom stereocenters. The zero-order valence-electron chi connectivity index (χ0n) is 15.5. The lowest BCUT2D eigenvalue weighted by molar-refractivity contribution is 0.0858. The van der Waals surface area contributed by atoms with E-state index in [1.54, 1.807) is 48.5 Å². The molecule has 5 nitrogen and oxygen atoms in total. The Labute approximate surface area is 157 Å². The fraction of sp³-hybridized carbons (Fsp3) is 0.182. The summed E-state index contributed by atoms with van der Waals surface area (Å²) in [5, 5.41) is 14.5. The van der Waals surface area contributed by atoms with E-state index in [9.17, 15) is 14.7 Å². The van der Waals surface area contributed by atoms with Crippen molar-refractivity contribution in [3.05, 3.63) is 65.7 Å². The van der Waals surface area contributed by atoms with E-state index in [1.807, 2.05) is 20.8 Å². The van der Waals surface area contributed by atoms with E-state index in [0.29, 0.717) is 27.9 Å². The van der Waals surface area contributed by atoms with E-state index in [1.165, 1.54) is 6.07 Å². The predicted octanol–water partition coefficient (Wildman–Crippen LogP) is 4.61. The van der Waals surface area contributed by atoms with E-state index in [4.69, 9.17) is 5.73 Å². The molecule has 0 heterocycles. The first kappa shape index (κ1) is 18.5. The monoisotopic (exact) mass is 362 g/mol. The fourth-order valence-electron chi connectivity index (χ4n) is 2.89. The molecule has 0 aliphatic carbocycles. The Kier molecular flexibility index (Phi) is 4.62. The molecule has 0 aliphatic heterocycles. The number of Topliss-reactive ketones (excluding diaryl/α,β-unsaturated/α-hetero) is 1. The van der Waals surface area contributed by atoms with Gasteiger partial charge >= 0.3 is 0 Å². The van der Waals surface area contributed by atoms with Crippen molar-refractivity contribution in [2.75, 3.05) is 11.1 Å². The molecule has 3 rings (SSSR count). The molecule has 0 bridgehead atoms. The number of nitrogens with two attached hydrogens (primary N) is 1. The summed E-state index contributed by atoms with van der Waals surface area (Å²) in [4.78, 5) is 25.2. The molecule has 0 saturated carbocycles. The van der Waals surface area contributed by atoms with Crippen molar-refractivity contribution in [1.82, 2.24) is 0 Å². The average molecular weight is 362 g/mol. The molecule has 0 atom stereocenters. The van der Waals surface area contributed by atoms with Crippen LogP contribution in [0.2, 0.25) is 0 Å². The summed E-state index contributed by atoms with van der Waals surface area (Å²) < 4.78 is 0. The van der Waals surface area contributed by atoms with E-state index in [0.717, 1.165) is 5.39 Å². The second-order valence-corrected chi connectivity index (χ2v) is 7.55. The lowest BCUT2D eigenvalue weighted by Crippen LogP contribution is -2.21. The van der Waals surface area contributed by atoms with Crippen LogP contribution in [0.15, 0.2) is 54.6 Å². The van der Waals surface area contributed by atoms with Crippen LogP contribution in [0.5, 0.6) is 5.75 Å². The molecule has 3 aromatic rings. The van der Waals surface area contributed by atoms with Crippen molar-refractivity contribution in [1.29, 1.82) is 0 Å². The van der Waals surface area contributed by atoms with E-state index >= 15 is 0 Å². The molecular formula is C22H22N2O3. The minimum absolute atomic E-state index is 0.0393. The van der Waals surface area contributed by atoms with E-state index in [2.05, 4.69) is 5.32 Å². The Hall–Kier alpha value is -3.34. The fourth-order valence-corrected chi connectivity index (χ4v) is 2.89. The summed E-state index contributed by atoms with van der Waals surface area (Å²) >= 11 is 0. The van der Waals surface area contributed by atoms with Gasteiger partial charge in [-0.3, -0.25) is 9.59 Å². The van der Waals surface area contributed by atoms with E-state index < -0.39 is 11.3 Å². The minimum atomic E-state index is -0.539. The van der Waals surface area contributed by atoms with Crippen molar-refractivity contribution in [3.8, 4) is 5.75 Å². The van der Waals surface area contributed by atoms with Gasteiger partial charge in [0.25, 0.3) is 5.91 Å². The summed E-state index contributed by atoms with van der Waals surface area (Å²) in [5.41, 5.74) is 6.99. The summed E-state index contributed by atoms with van der Waals surface area (Å²) in [6.07, 6.45) is 0. The number of phenolic OH excluding ortho intramolecular Hbond substituents is 1. The normalized spacial score (nSPS) is 11.4. The number of fused-ring (bicyclic) bond motifs is 1. The van der Waals surface area contributed by atoms with Gasteiger partial charge in [-0.05, 0) is 35.7 Å². The van der Waals surface area contributed by atoms with Gasteiger partial charge in [0.1, 0.15) is 5.75 Å². The number of nitrogens with one attached hydrogen (secondary N) is 1. The maximum absolute atomic E-state index is 12.7. The summed E-state index contributed by atoms with van der Waals surface area (Å²) in [5.74, 6) is -0.485. The topological polar surface area (TPSA) is 92.4 Å². The van der Waals surface area contributed by atoms with Crippen LogP contribution in [0.4, 0.5) is 11.4 Å². The van der Waals surface area contributed by atoms with Crippen LogP contribution in [0.1, 0.15) is 41.5 Å². The summed E-state index contributed by atoms with van der Waals surface area (Å²) in [6.45, 7) is 5.51. The Morgan fingerprint density at radius 2 is 1.67 bits per heavy atom. The summed E-state index contributed by atoms with van der Waals surface area (Å²) in [7, 11) is 0. The molecule has 0 spiro atoms. The van der Waals surface area contributed by atoms with Crippen LogP contribution >= 0.6 is 0 Å². The average Bonchev–Trinajstić information content (AvgIpc) is 2.62. The molecule has 27 heavy (non-hydrogen) atoms. The highest BCUT2D eigenvalue weighted by atomic mass is 16.3. The lowest BCUT2D eigenvalue weighted by atomic mass is 9.86. The van der Waals surface area contributed by atoms with Crippen molar-refractivity contribution >= 4 is 33.8 Å². The Bertz CT molecular complexity index is 1050. The number of rotatable bonds is 3. The second kappa shape index (κ2) is 6.76. The molecular weight excluding hydrogens is 340 g/mol. The Morgan fingerprint density at radius 3 is 2.37 bits per heavy atom. The molecule has 5 heteroatoms. The number of aromatic hydroxyl groups is 1. The van der Waals surface area contributed by atoms with Crippen LogP contribution in [0.3, 0.4) is 0 Å². The zero-order chi connectivity index (χ0) is 19.8. The van der Waals surface area contributed by atoms with Gasteiger partial charge < -0.3 is 16.2 Å². The third-order valence-electron chi connectivity index (χ3n) is 4.33. The van der Waals surface area contributed by atoms with Crippen LogP contribution in [0, 0.1) is 5.41 Å². The van der Waals surface area contributed by atoms with Crippen LogP contribution in [0.25, 0.3) is 10.8 Å². The predicted molar refractivity (Wildman–Crippen MR) is 108 cm³/mol. The molecule has 0 fully saturated rings. The van der Waals surface area contributed by atoms with Gasteiger partial charge in [0, 0.05) is 27.6 Å². The highest BCUT2D eigenvalue weighted by Gasteiger charge is 2.23. The second-order valence-electron chi connectivity index (χ2n) is 7.55. The first-order chi connectivity index (χ1) is 12.7. The summed E-state index contributed by atoms with van der Waals surface area (Å²) in [6, 6.07) is 15.1. The first-order valence-electron chi connectivity index (χ1n) is 8.64.